The van der Waals surface area contributed by atoms with Crippen molar-refractivity contribution in [3.8, 4) is 0 Å². The fourth-order valence-electron chi connectivity index (χ4n) is 1.95. The molecular weight excluding hydrogens is 271 g/mol. The number of hydrogen-bond donors (Lipinski definition) is 3. The van der Waals surface area contributed by atoms with Crippen LogP contribution in [0.15, 0.2) is 0 Å². The molecule has 0 aromatic heterocycles. The van der Waals surface area contributed by atoms with Gasteiger partial charge >= 0.3 is 19.2 Å². The van der Waals surface area contributed by atoms with Gasteiger partial charge in [-0.05, 0) is 0 Å². The summed E-state index contributed by atoms with van der Waals surface area (Å²) in [5, 5.41) is 21.1. The third-order valence-corrected chi connectivity index (χ3v) is 2.74. The highest BCUT2D eigenvalue weighted by atomic mass is 16.5. The lowest BCUT2D eigenvalue weighted by atomic mass is 9.78. The highest BCUT2D eigenvalue weighted by molar-refractivity contribution is 6.45. The van der Waals surface area contributed by atoms with Crippen molar-refractivity contribution < 1.29 is 33.9 Å². The van der Waals surface area contributed by atoms with E-state index in [4.69, 9.17) is 9.76 Å². The second-order valence-corrected chi connectivity index (χ2v) is 4.43. The van der Waals surface area contributed by atoms with Crippen molar-refractivity contribution in [2.24, 2.45) is 0 Å². The van der Waals surface area contributed by atoms with Crippen molar-refractivity contribution in [1.29, 1.82) is 0 Å². The summed E-state index contributed by atoms with van der Waals surface area (Å²) in [6.45, 7) is 1.17. The molecule has 0 aliphatic carbocycles. The smallest absolute Gasteiger partial charge is 0.480 e. The zero-order valence-electron chi connectivity index (χ0n) is 11.2. The molecule has 2 amide bonds. The van der Waals surface area contributed by atoms with E-state index in [1.165, 1.54) is 18.9 Å². The Hall–Kier alpha value is -1.81. The van der Waals surface area contributed by atoms with Gasteiger partial charge in [-0.3, -0.25) is 9.59 Å². The molecule has 2 unspecified atom stereocenters. The Kier molecular flexibility index (Phi) is 5.77. The summed E-state index contributed by atoms with van der Waals surface area (Å²) in [4.78, 5) is 34.6. The van der Waals surface area contributed by atoms with E-state index in [1.807, 2.05) is 0 Å². The maximum Gasteiger partial charge on any atom is 0.480 e. The molecule has 1 fully saturated rings. The molecule has 112 valence electrons. The predicted molar refractivity (Wildman–Crippen MR) is 66.7 cm³/mol. The first-order valence-corrected chi connectivity index (χ1v) is 5.98. The number of amides is 2. The molecule has 0 aromatic rings. The number of ether oxygens (including phenoxy) is 1. The van der Waals surface area contributed by atoms with Crippen LogP contribution in [0.4, 0.5) is 4.79 Å². The van der Waals surface area contributed by atoms with E-state index in [0.717, 1.165) is 0 Å². The van der Waals surface area contributed by atoms with Gasteiger partial charge in [0.25, 0.3) is 0 Å². The first kappa shape index (κ1) is 16.2. The Morgan fingerprint density at radius 2 is 2.10 bits per heavy atom. The molecule has 9 nitrogen and oxygen atoms in total. The van der Waals surface area contributed by atoms with Crippen LogP contribution in [-0.4, -0.2) is 72.4 Å². The van der Waals surface area contributed by atoms with Gasteiger partial charge < -0.3 is 29.7 Å². The number of aliphatic carboxylic acids is 1. The lowest BCUT2D eigenvalue weighted by Crippen LogP contribution is -2.52. The van der Waals surface area contributed by atoms with E-state index in [9.17, 15) is 19.4 Å². The Morgan fingerprint density at radius 1 is 1.45 bits per heavy atom. The summed E-state index contributed by atoms with van der Waals surface area (Å²) in [6, 6.07) is 0. The highest BCUT2D eigenvalue weighted by Crippen LogP contribution is 2.13. The van der Waals surface area contributed by atoms with E-state index < -0.39 is 37.1 Å². The Labute approximate surface area is 116 Å². The Balaban J connectivity index is 2.86. The van der Waals surface area contributed by atoms with Crippen molar-refractivity contribution in [2.75, 3.05) is 20.2 Å². The molecule has 0 bridgehead atoms. The van der Waals surface area contributed by atoms with Crippen molar-refractivity contribution >= 4 is 25.1 Å². The molecule has 0 spiro atoms. The van der Waals surface area contributed by atoms with Gasteiger partial charge in [0.15, 0.2) is 0 Å². The van der Waals surface area contributed by atoms with Crippen molar-refractivity contribution in [1.82, 2.24) is 10.2 Å². The maximum absolute atomic E-state index is 11.6. The van der Waals surface area contributed by atoms with Gasteiger partial charge in [-0.2, -0.15) is 0 Å². The molecule has 1 heterocycles. The van der Waals surface area contributed by atoms with E-state index >= 15 is 0 Å². The molecule has 1 saturated heterocycles. The van der Waals surface area contributed by atoms with Gasteiger partial charge in [0, 0.05) is 20.0 Å². The van der Waals surface area contributed by atoms with E-state index in [1.54, 1.807) is 0 Å². The van der Waals surface area contributed by atoms with Crippen molar-refractivity contribution in [3.63, 3.8) is 0 Å². The molecule has 2 atom stereocenters. The van der Waals surface area contributed by atoms with Crippen LogP contribution in [0.2, 0.25) is 0 Å². The molecule has 0 radical (unpaired) electrons. The van der Waals surface area contributed by atoms with Crippen LogP contribution in [0.25, 0.3) is 0 Å². The van der Waals surface area contributed by atoms with Gasteiger partial charge in [0.2, 0.25) is 5.91 Å². The molecule has 0 saturated carbocycles. The van der Waals surface area contributed by atoms with Crippen LogP contribution in [0.3, 0.4) is 0 Å². The van der Waals surface area contributed by atoms with Gasteiger partial charge in [-0.1, -0.05) is 0 Å². The fourth-order valence-corrected chi connectivity index (χ4v) is 1.95. The summed E-state index contributed by atoms with van der Waals surface area (Å²) >= 11 is 0. The molecule has 3 N–H and O–H groups in total. The standard InChI is InChI=1S/C10H17BN2O7/c1-6(14)12-8-5-13(10(17)19-2)4-7(3-9(15)16)20-11(8)18/h7-8,18H,3-5H2,1-2H3,(H,12,14)(H,15,16). The van der Waals surface area contributed by atoms with E-state index in [2.05, 4.69) is 10.1 Å². The molecular formula is C10H17BN2O7. The van der Waals surface area contributed by atoms with Gasteiger partial charge in [-0.25, -0.2) is 4.79 Å². The number of nitrogens with zero attached hydrogens (tertiary/aromatic N) is 1. The Morgan fingerprint density at radius 3 is 2.60 bits per heavy atom. The summed E-state index contributed by atoms with van der Waals surface area (Å²) in [5.41, 5.74) is 0. The number of rotatable bonds is 3. The average Bonchev–Trinajstić information content (AvgIpc) is 2.47. The second-order valence-electron chi connectivity index (χ2n) is 4.43. The summed E-state index contributed by atoms with van der Waals surface area (Å²) < 4.78 is 9.75. The SMILES string of the molecule is COC(=O)N1CC(CC(=O)O)OB(O)C(NC(C)=O)C1. The predicted octanol–water partition coefficient (Wildman–Crippen LogP) is -1.55. The first-order valence-electron chi connectivity index (χ1n) is 5.98. The Bertz CT molecular complexity index is 392. The molecule has 10 heteroatoms. The minimum atomic E-state index is -1.40. The fraction of sp³-hybridized carbons (Fsp3) is 0.700. The second kappa shape index (κ2) is 7.10. The third-order valence-electron chi connectivity index (χ3n) is 2.74. The van der Waals surface area contributed by atoms with Crippen molar-refractivity contribution in [3.05, 3.63) is 0 Å². The molecule has 1 aliphatic rings. The number of carbonyl (C=O) groups excluding carboxylic acids is 2. The van der Waals surface area contributed by atoms with Crippen LogP contribution in [0.1, 0.15) is 13.3 Å². The summed E-state index contributed by atoms with van der Waals surface area (Å²) in [6.07, 6.45) is -1.95. The number of methoxy groups -OCH3 is 1. The van der Waals surface area contributed by atoms with Crippen molar-refractivity contribution in [2.45, 2.75) is 25.4 Å². The number of nitrogens with one attached hydrogen (secondary N) is 1. The quantitative estimate of drug-likeness (QED) is 0.537. The van der Waals surface area contributed by atoms with Crippen LogP contribution < -0.4 is 5.32 Å². The van der Waals surface area contributed by atoms with Gasteiger partial charge in [0.05, 0.1) is 25.6 Å². The normalized spacial score (nSPS) is 22.9. The molecule has 1 rings (SSSR count). The minimum Gasteiger partial charge on any atom is -0.481 e. The molecule has 1 aliphatic heterocycles. The van der Waals surface area contributed by atoms with Crippen LogP contribution >= 0.6 is 0 Å². The van der Waals surface area contributed by atoms with Gasteiger partial charge in [-0.15, -0.1) is 0 Å². The third kappa shape index (κ3) is 4.70. The number of hydrogen-bond acceptors (Lipinski definition) is 6. The number of carboxylic acid groups (broad SMARTS) is 1. The average molecular weight is 288 g/mol. The highest BCUT2D eigenvalue weighted by Gasteiger charge is 2.38. The van der Waals surface area contributed by atoms with Crippen LogP contribution in [0, 0.1) is 0 Å². The van der Waals surface area contributed by atoms with E-state index in [0.29, 0.717) is 0 Å². The van der Waals surface area contributed by atoms with Crippen LogP contribution in [0.5, 0.6) is 0 Å². The van der Waals surface area contributed by atoms with Crippen LogP contribution in [-0.2, 0) is 19.0 Å². The number of carbonyl (C=O) groups is 3. The minimum absolute atomic E-state index is 0.0382. The zero-order valence-corrected chi connectivity index (χ0v) is 11.2. The summed E-state index contributed by atoms with van der Waals surface area (Å²) in [5.74, 6) is -2.38. The summed E-state index contributed by atoms with van der Waals surface area (Å²) in [7, 11) is -0.220. The lowest BCUT2D eigenvalue weighted by molar-refractivity contribution is -0.139. The largest absolute Gasteiger partial charge is 0.481 e. The maximum atomic E-state index is 11.6. The topological polar surface area (TPSA) is 125 Å². The lowest BCUT2D eigenvalue weighted by Gasteiger charge is -2.23. The zero-order chi connectivity index (χ0) is 15.3. The number of carboxylic acids is 1. The van der Waals surface area contributed by atoms with Gasteiger partial charge in [0.1, 0.15) is 0 Å². The first-order chi connectivity index (χ1) is 9.33. The molecule has 20 heavy (non-hydrogen) atoms. The van der Waals surface area contributed by atoms with E-state index in [-0.39, 0.29) is 19.5 Å². The monoisotopic (exact) mass is 288 g/mol. The molecule has 0 aromatic carbocycles.